The molecule has 0 unspecified atom stereocenters. The highest BCUT2D eigenvalue weighted by molar-refractivity contribution is 14.1. The second-order valence-electron chi connectivity index (χ2n) is 4.57. The van der Waals surface area contributed by atoms with Crippen LogP contribution >= 0.6 is 136 Å². The maximum atomic E-state index is 6.41. The molecule has 0 aliphatic carbocycles. The van der Waals surface area contributed by atoms with Gasteiger partial charge < -0.3 is 4.74 Å². The number of rotatable bonds is 2. The highest BCUT2D eigenvalue weighted by Gasteiger charge is 2.20. The number of benzene rings is 2. The van der Waals surface area contributed by atoms with Crippen LogP contribution in [0.2, 0.25) is 0 Å². The largest absolute Gasteiger partial charge is 0.453 e. The standard InChI is InChI=1S/C18H8I6O/c1-3-5-9-11(19)7-13(21)17(15(9)23)25-18-14(22)8-12(20)10(6-4-2)16(18)24/h7-8H,1-2H3. The molecule has 0 fully saturated rings. The van der Waals surface area contributed by atoms with E-state index in [0.717, 1.165) is 44.0 Å². The van der Waals surface area contributed by atoms with Gasteiger partial charge in [0, 0.05) is 7.14 Å². The molecule has 2 aromatic rings. The molecule has 25 heavy (non-hydrogen) atoms. The maximum Gasteiger partial charge on any atom is 0.155 e. The molecule has 0 saturated heterocycles. The smallest absolute Gasteiger partial charge is 0.155 e. The summed E-state index contributed by atoms with van der Waals surface area (Å²) in [5.41, 5.74) is 2.03. The summed E-state index contributed by atoms with van der Waals surface area (Å²) in [5, 5.41) is 0. The van der Waals surface area contributed by atoms with Crippen molar-refractivity contribution in [2.75, 3.05) is 0 Å². The normalized spacial score (nSPS) is 9.76. The van der Waals surface area contributed by atoms with Gasteiger partial charge >= 0.3 is 0 Å². The van der Waals surface area contributed by atoms with Crippen LogP contribution in [0.25, 0.3) is 0 Å². The van der Waals surface area contributed by atoms with Crippen molar-refractivity contribution in [3.63, 3.8) is 0 Å². The average molecular weight is 1000 g/mol. The van der Waals surface area contributed by atoms with Crippen molar-refractivity contribution in [1.82, 2.24) is 0 Å². The minimum absolute atomic E-state index is 0.854. The van der Waals surface area contributed by atoms with Crippen molar-refractivity contribution < 1.29 is 4.74 Å². The molecule has 0 saturated carbocycles. The predicted molar refractivity (Wildman–Crippen MR) is 154 cm³/mol. The van der Waals surface area contributed by atoms with E-state index in [-0.39, 0.29) is 0 Å². The topological polar surface area (TPSA) is 9.23 Å². The van der Waals surface area contributed by atoms with E-state index in [0.29, 0.717) is 0 Å². The minimum atomic E-state index is 0.854. The van der Waals surface area contributed by atoms with Crippen LogP contribution in [0.5, 0.6) is 11.5 Å². The Morgan fingerprint density at radius 2 is 1.00 bits per heavy atom. The lowest BCUT2D eigenvalue weighted by Crippen LogP contribution is -2.01. The molecule has 0 spiro atoms. The van der Waals surface area contributed by atoms with Crippen molar-refractivity contribution in [1.29, 1.82) is 0 Å². The molecular weight excluding hydrogens is 994 g/mol. The molecule has 0 bridgehead atoms. The lowest BCUT2D eigenvalue weighted by molar-refractivity contribution is 0.468. The van der Waals surface area contributed by atoms with Gasteiger partial charge in [-0.25, -0.2) is 0 Å². The lowest BCUT2D eigenvalue weighted by Gasteiger charge is -2.16. The number of hydrogen-bond acceptors (Lipinski definition) is 1. The van der Waals surface area contributed by atoms with E-state index in [4.69, 9.17) is 4.74 Å². The van der Waals surface area contributed by atoms with Gasteiger partial charge in [0.25, 0.3) is 0 Å². The van der Waals surface area contributed by atoms with Crippen molar-refractivity contribution >= 4 is 136 Å². The molecule has 0 heterocycles. The zero-order valence-corrected chi connectivity index (χ0v) is 25.8. The molecule has 1 nitrogen and oxygen atoms in total. The first kappa shape index (κ1) is 23.0. The van der Waals surface area contributed by atoms with Gasteiger partial charge in [0.15, 0.2) is 11.5 Å². The van der Waals surface area contributed by atoms with Crippen LogP contribution in [0.3, 0.4) is 0 Å². The van der Waals surface area contributed by atoms with Crippen LogP contribution in [0, 0.1) is 45.1 Å². The molecule has 0 aliphatic heterocycles. The van der Waals surface area contributed by atoms with Crippen LogP contribution < -0.4 is 4.74 Å². The summed E-state index contributed by atoms with van der Waals surface area (Å²) < 4.78 is 12.9. The van der Waals surface area contributed by atoms with Gasteiger partial charge in [-0.05, 0) is 162 Å². The molecule has 0 amide bonds. The molecule has 0 N–H and O–H groups in total. The SMILES string of the molecule is CC#Cc1c(I)cc(I)c(Oc2c(I)cc(I)c(C#CC)c2I)c1I. The fourth-order valence-electron chi connectivity index (χ4n) is 1.91. The van der Waals surface area contributed by atoms with E-state index in [1.165, 1.54) is 0 Å². The Morgan fingerprint density at radius 3 is 1.32 bits per heavy atom. The average Bonchev–Trinajstić information content (AvgIpc) is 2.54. The summed E-state index contributed by atoms with van der Waals surface area (Å²) in [6.07, 6.45) is 0. The van der Waals surface area contributed by atoms with Crippen LogP contribution in [0.1, 0.15) is 25.0 Å². The van der Waals surface area contributed by atoms with Crippen molar-refractivity contribution in [3.05, 3.63) is 44.7 Å². The Balaban J connectivity index is 2.68. The molecule has 0 atom stereocenters. The molecule has 0 aromatic heterocycles. The highest BCUT2D eigenvalue weighted by atomic mass is 127. The van der Waals surface area contributed by atoms with Crippen molar-refractivity contribution in [2.45, 2.75) is 13.8 Å². The first-order chi connectivity index (χ1) is 11.8. The molecular formula is C18H8I6O. The number of hydrogen-bond donors (Lipinski definition) is 0. The minimum Gasteiger partial charge on any atom is -0.453 e. The van der Waals surface area contributed by atoms with E-state index in [2.05, 4.69) is 171 Å². The van der Waals surface area contributed by atoms with Crippen LogP contribution in [0.4, 0.5) is 0 Å². The van der Waals surface area contributed by atoms with Crippen LogP contribution in [-0.2, 0) is 0 Å². The van der Waals surface area contributed by atoms with E-state index >= 15 is 0 Å². The van der Waals surface area contributed by atoms with Gasteiger partial charge in [-0.15, -0.1) is 11.8 Å². The summed E-state index contributed by atoms with van der Waals surface area (Å²) >= 11 is 13.9. The second-order valence-corrected chi connectivity index (χ2v) is 11.4. The van der Waals surface area contributed by atoms with Crippen LogP contribution in [0.15, 0.2) is 12.1 Å². The fourth-order valence-corrected chi connectivity index (χ4v) is 9.63. The number of halogens is 6. The molecule has 0 aliphatic rings. The summed E-state index contributed by atoms with van der Waals surface area (Å²) in [4.78, 5) is 0. The van der Waals surface area contributed by atoms with Crippen molar-refractivity contribution in [2.24, 2.45) is 0 Å². The summed E-state index contributed by atoms with van der Waals surface area (Å²) in [5.74, 6) is 14.1. The Morgan fingerprint density at radius 1 is 0.640 bits per heavy atom. The van der Waals surface area contributed by atoms with Gasteiger partial charge in [0.2, 0.25) is 0 Å². The van der Waals surface area contributed by atoms with Crippen LogP contribution in [-0.4, -0.2) is 0 Å². The van der Waals surface area contributed by atoms with Gasteiger partial charge in [-0.3, -0.25) is 0 Å². The summed E-state index contributed by atoms with van der Waals surface area (Å²) in [6, 6.07) is 4.22. The summed E-state index contributed by atoms with van der Waals surface area (Å²) in [7, 11) is 0. The molecule has 7 heteroatoms. The molecule has 0 radical (unpaired) electrons. The lowest BCUT2D eigenvalue weighted by atomic mass is 10.2. The van der Waals surface area contributed by atoms with E-state index in [9.17, 15) is 0 Å². The first-order valence-electron chi connectivity index (χ1n) is 6.70. The zero-order chi connectivity index (χ0) is 18.7. The van der Waals surface area contributed by atoms with E-state index < -0.39 is 0 Å². The summed E-state index contributed by atoms with van der Waals surface area (Å²) in [6.45, 7) is 3.71. The molecule has 128 valence electrons. The van der Waals surface area contributed by atoms with Gasteiger partial charge in [-0.1, -0.05) is 11.8 Å². The maximum absolute atomic E-state index is 6.41. The Bertz CT molecular complexity index is 894. The zero-order valence-electron chi connectivity index (χ0n) is 12.8. The second kappa shape index (κ2) is 10.5. The van der Waals surface area contributed by atoms with Gasteiger partial charge in [-0.2, -0.15) is 0 Å². The quantitative estimate of drug-likeness (QED) is 0.220. The monoisotopic (exact) mass is 1000 g/mol. The van der Waals surface area contributed by atoms with Gasteiger partial charge in [0.1, 0.15) is 0 Å². The Hall–Kier alpha value is 1.74. The van der Waals surface area contributed by atoms with E-state index in [1.54, 1.807) is 0 Å². The Kier molecular flexibility index (Phi) is 9.67. The van der Waals surface area contributed by atoms with Gasteiger partial charge in [0.05, 0.1) is 25.4 Å². The first-order valence-corrected chi connectivity index (χ1v) is 13.2. The predicted octanol–water partition coefficient (Wildman–Crippen LogP) is 7.85. The third kappa shape index (κ3) is 5.42. The fraction of sp³-hybridized carbons (Fsp3) is 0.111. The third-order valence-corrected chi connectivity index (χ3v) is 8.32. The molecule has 2 aromatic carbocycles. The number of ether oxygens (including phenoxy) is 1. The van der Waals surface area contributed by atoms with E-state index in [1.807, 2.05) is 13.8 Å². The molecule has 2 rings (SSSR count). The Labute approximate surface area is 229 Å². The van der Waals surface area contributed by atoms with Crippen molar-refractivity contribution in [3.8, 4) is 35.2 Å². The highest BCUT2D eigenvalue weighted by Crippen LogP contribution is 2.41. The third-order valence-electron chi connectivity index (χ3n) is 2.96.